The molecule has 0 radical (unpaired) electrons. The number of rotatable bonds is 8. The topological polar surface area (TPSA) is 52.6 Å². The maximum absolute atomic E-state index is 10.8. The molecule has 2 atom stereocenters. The van der Waals surface area contributed by atoms with E-state index in [1.807, 2.05) is 0 Å². The summed E-state index contributed by atoms with van der Waals surface area (Å²) in [6.45, 7) is 6.23. The van der Waals surface area contributed by atoms with Crippen LogP contribution < -0.4 is 5.32 Å². The standard InChI is InChI=1S/C18H34N2O2/c1-2-6-16-11-17(14-20(13-16)10-9-18(21)22)19-12-15-7-4-3-5-8-15/h15-17,19H,2-14H2,1H3,(H,21,22). The molecule has 0 aromatic heterocycles. The second-order valence-corrected chi connectivity index (χ2v) is 7.40. The fraction of sp³-hybridized carbons (Fsp3) is 0.944. The molecule has 2 N–H and O–H groups in total. The van der Waals surface area contributed by atoms with Crippen molar-refractivity contribution < 1.29 is 9.90 Å². The average molecular weight is 310 g/mol. The minimum atomic E-state index is -0.677. The molecule has 1 saturated carbocycles. The van der Waals surface area contributed by atoms with E-state index >= 15 is 0 Å². The highest BCUT2D eigenvalue weighted by Crippen LogP contribution is 2.25. The van der Waals surface area contributed by atoms with Crippen molar-refractivity contribution >= 4 is 5.97 Å². The van der Waals surface area contributed by atoms with Crippen LogP contribution in [0.25, 0.3) is 0 Å². The number of likely N-dealkylation sites (tertiary alicyclic amines) is 1. The van der Waals surface area contributed by atoms with Crippen LogP contribution in [0.2, 0.25) is 0 Å². The lowest BCUT2D eigenvalue weighted by Crippen LogP contribution is -2.50. The molecule has 4 heteroatoms. The summed E-state index contributed by atoms with van der Waals surface area (Å²) in [6.07, 6.45) is 11.0. The number of hydrogen-bond acceptors (Lipinski definition) is 3. The second-order valence-electron chi connectivity index (χ2n) is 7.40. The van der Waals surface area contributed by atoms with Gasteiger partial charge in [0.25, 0.3) is 0 Å². The van der Waals surface area contributed by atoms with Crippen LogP contribution in [0.1, 0.15) is 64.7 Å². The fourth-order valence-electron chi connectivity index (χ4n) is 4.23. The summed E-state index contributed by atoms with van der Waals surface area (Å²) in [4.78, 5) is 13.2. The quantitative estimate of drug-likeness (QED) is 0.723. The zero-order valence-corrected chi connectivity index (χ0v) is 14.2. The van der Waals surface area contributed by atoms with E-state index in [0.29, 0.717) is 12.6 Å². The molecule has 1 aliphatic heterocycles. The van der Waals surface area contributed by atoms with Crippen molar-refractivity contribution in [1.29, 1.82) is 0 Å². The molecule has 0 bridgehead atoms. The first-order valence-corrected chi connectivity index (χ1v) is 9.35. The van der Waals surface area contributed by atoms with E-state index in [0.717, 1.165) is 31.5 Å². The van der Waals surface area contributed by atoms with E-state index in [4.69, 9.17) is 5.11 Å². The van der Waals surface area contributed by atoms with Gasteiger partial charge in [-0.2, -0.15) is 0 Å². The number of carbonyl (C=O) groups is 1. The molecular formula is C18H34N2O2. The van der Waals surface area contributed by atoms with Gasteiger partial charge in [0.15, 0.2) is 0 Å². The minimum Gasteiger partial charge on any atom is -0.481 e. The molecule has 0 aromatic carbocycles. The van der Waals surface area contributed by atoms with Crippen molar-refractivity contribution in [3.8, 4) is 0 Å². The SMILES string of the molecule is CCCC1CC(NCC2CCCCC2)CN(CCC(=O)O)C1. The van der Waals surface area contributed by atoms with Crippen molar-refractivity contribution in [2.24, 2.45) is 11.8 Å². The molecule has 2 unspecified atom stereocenters. The zero-order valence-electron chi connectivity index (χ0n) is 14.2. The van der Waals surface area contributed by atoms with Crippen LogP contribution in [0.3, 0.4) is 0 Å². The molecule has 2 aliphatic rings. The smallest absolute Gasteiger partial charge is 0.304 e. The molecule has 22 heavy (non-hydrogen) atoms. The Morgan fingerprint density at radius 1 is 1.18 bits per heavy atom. The predicted molar refractivity (Wildman–Crippen MR) is 90.1 cm³/mol. The van der Waals surface area contributed by atoms with Gasteiger partial charge in [-0.25, -0.2) is 0 Å². The van der Waals surface area contributed by atoms with Crippen LogP contribution in [0.5, 0.6) is 0 Å². The first-order chi connectivity index (χ1) is 10.7. The lowest BCUT2D eigenvalue weighted by molar-refractivity contribution is -0.137. The third-order valence-corrected chi connectivity index (χ3v) is 5.37. The molecular weight excluding hydrogens is 276 g/mol. The molecule has 2 fully saturated rings. The largest absolute Gasteiger partial charge is 0.481 e. The first-order valence-electron chi connectivity index (χ1n) is 9.35. The summed E-state index contributed by atoms with van der Waals surface area (Å²) >= 11 is 0. The van der Waals surface area contributed by atoms with E-state index in [1.54, 1.807) is 0 Å². The fourth-order valence-corrected chi connectivity index (χ4v) is 4.23. The summed E-state index contributed by atoms with van der Waals surface area (Å²) in [5.41, 5.74) is 0. The Kier molecular flexibility index (Phi) is 7.67. The van der Waals surface area contributed by atoms with E-state index in [-0.39, 0.29) is 6.42 Å². The van der Waals surface area contributed by atoms with Crippen LogP contribution in [0, 0.1) is 11.8 Å². The molecule has 1 heterocycles. The predicted octanol–water partition coefficient (Wildman–Crippen LogP) is 3.12. The number of aliphatic carboxylic acids is 1. The third kappa shape index (κ3) is 6.25. The Bertz CT molecular complexity index is 329. The first kappa shape index (κ1) is 17.7. The van der Waals surface area contributed by atoms with Gasteiger partial charge < -0.3 is 15.3 Å². The van der Waals surface area contributed by atoms with Crippen LogP contribution in [0.4, 0.5) is 0 Å². The van der Waals surface area contributed by atoms with Crippen LogP contribution in [-0.4, -0.2) is 48.2 Å². The van der Waals surface area contributed by atoms with Gasteiger partial charge in [-0.1, -0.05) is 32.6 Å². The molecule has 4 nitrogen and oxygen atoms in total. The highest BCUT2D eigenvalue weighted by molar-refractivity contribution is 5.66. The number of carboxylic acids is 1. The molecule has 0 aromatic rings. The highest BCUT2D eigenvalue weighted by atomic mass is 16.4. The summed E-state index contributed by atoms with van der Waals surface area (Å²) in [6, 6.07) is 0.557. The van der Waals surface area contributed by atoms with Gasteiger partial charge in [-0.15, -0.1) is 0 Å². The van der Waals surface area contributed by atoms with Gasteiger partial charge >= 0.3 is 5.97 Å². The Morgan fingerprint density at radius 2 is 1.95 bits per heavy atom. The summed E-state index contributed by atoms with van der Waals surface area (Å²) < 4.78 is 0. The summed E-state index contributed by atoms with van der Waals surface area (Å²) in [5.74, 6) is 0.925. The lowest BCUT2D eigenvalue weighted by atomic mass is 9.87. The maximum atomic E-state index is 10.8. The molecule has 1 saturated heterocycles. The van der Waals surface area contributed by atoms with Crippen molar-refractivity contribution in [3.05, 3.63) is 0 Å². The van der Waals surface area contributed by atoms with Crippen LogP contribution in [0.15, 0.2) is 0 Å². The zero-order chi connectivity index (χ0) is 15.8. The van der Waals surface area contributed by atoms with Gasteiger partial charge in [0.2, 0.25) is 0 Å². The van der Waals surface area contributed by atoms with Crippen LogP contribution >= 0.6 is 0 Å². The Hall–Kier alpha value is -0.610. The van der Waals surface area contributed by atoms with Gasteiger partial charge in [0.1, 0.15) is 0 Å². The number of piperidine rings is 1. The lowest BCUT2D eigenvalue weighted by Gasteiger charge is -2.39. The van der Waals surface area contributed by atoms with Gasteiger partial charge in [-0.05, 0) is 44.1 Å². The Labute approximate surface area is 135 Å². The number of hydrogen-bond donors (Lipinski definition) is 2. The van der Waals surface area contributed by atoms with E-state index in [2.05, 4.69) is 17.1 Å². The van der Waals surface area contributed by atoms with Gasteiger partial charge in [-0.3, -0.25) is 4.79 Å². The second kappa shape index (κ2) is 9.51. The highest BCUT2D eigenvalue weighted by Gasteiger charge is 2.27. The summed E-state index contributed by atoms with van der Waals surface area (Å²) in [5, 5.41) is 12.7. The number of nitrogens with one attached hydrogen (secondary N) is 1. The summed E-state index contributed by atoms with van der Waals surface area (Å²) in [7, 11) is 0. The average Bonchev–Trinajstić information content (AvgIpc) is 2.52. The van der Waals surface area contributed by atoms with Crippen molar-refractivity contribution in [2.45, 2.75) is 70.8 Å². The molecule has 128 valence electrons. The Morgan fingerprint density at radius 3 is 2.64 bits per heavy atom. The van der Waals surface area contributed by atoms with Gasteiger partial charge in [0, 0.05) is 25.7 Å². The van der Waals surface area contributed by atoms with Crippen molar-refractivity contribution in [2.75, 3.05) is 26.2 Å². The molecule has 0 spiro atoms. The number of nitrogens with zero attached hydrogens (tertiary/aromatic N) is 1. The van der Waals surface area contributed by atoms with E-state index < -0.39 is 5.97 Å². The third-order valence-electron chi connectivity index (χ3n) is 5.37. The van der Waals surface area contributed by atoms with Crippen molar-refractivity contribution in [1.82, 2.24) is 10.2 Å². The number of carboxylic acid groups (broad SMARTS) is 1. The van der Waals surface area contributed by atoms with Crippen LogP contribution in [-0.2, 0) is 4.79 Å². The van der Waals surface area contributed by atoms with E-state index in [1.165, 1.54) is 51.4 Å². The monoisotopic (exact) mass is 310 g/mol. The van der Waals surface area contributed by atoms with Gasteiger partial charge in [0.05, 0.1) is 6.42 Å². The van der Waals surface area contributed by atoms with Crippen molar-refractivity contribution in [3.63, 3.8) is 0 Å². The van der Waals surface area contributed by atoms with E-state index in [9.17, 15) is 4.79 Å². The minimum absolute atomic E-state index is 0.272. The maximum Gasteiger partial charge on any atom is 0.304 e. The molecule has 0 amide bonds. The molecule has 2 rings (SSSR count). The normalized spacial score (nSPS) is 27.9. The molecule has 1 aliphatic carbocycles. The Balaban J connectivity index is 1.78.